The largest absolute Gasteiger partial charge is 0.271 e. The van der Waals surface area contributed by atoms with Gasteiger partial charge in [-0.05, 0) is 65.8 Å². The maximum atomic E-state index is 14.5. The molecule has 0 aliphatic heterocycles. The average Bonchev–Trinajstić information content (AvgIpc) is 2.75. The molecular formula is C28H28ClF3. The van der Waals surface area contributed by atoms with Crippen molar-refractivity contribution < 1.29 is 13.2 Å². The summed E-state index contributed by atoms with van der Waals surface area (Å²) >= 11 is 6.64. The first-order valence-electron chi connectivity index (χ1n) is 10.9. The van der Waals surface area contributed by atoms with E-state index in [0.717, 1.165) is 42.0 Å². The van der Waals surface area contributed by atoms with Crippen molar-refractivity contribution in [2.24, 2.45) is 0 Å². The minimum Gasteiger partial charge on any atom is -0.206 e. The Balaban J connectivity index is 2.25. The first-order valence-corrected chi connectivity index (χ1v) is 11.3. The molecule has 0 bridgehead atoms. The number of hydrogen-bond donors (Lipinski definition) is 0. The lowest BCUT2D eigenvalue weighted by atomic mass is 9.86. The van der Waals surface area contributed by atoms with E-state index in [4.69, 9.17) is 11.6 Å². The van der Waals surface area contributed by atoms with Crippen LogP contribution in [0.1, 0.15) is 62.8 Å². The first-order chi connectivity index (χ1) is 15.2. The van der Waals surface area contributed by atoms with Crippen molar-refractivity contribution in [1.82, 2.24) is 0 Å². The van der Waals surface area contributed by atoms with Crippen LogP contribution in [-0.4, -0.2) is 0 Å². The molecular weight excluding hydrogens is 429 g/mol. The van der Waals surface area contributed by atoms with Crippen LogP contribution in [0.2, 0.25) is 5.02 Å². The lowest BCUT2D eigenvalue weighted by Crippen LogP contribution is -2.10. The van der Waals surface area contributed by atoms with Crippen LogP contribution in [0, 0.1) is 5.82 Å². The normalized spacial score (nSPS) is 12.6. The first kappa shape index (κ1) is 24.1. The molecule has 0 aromatic heterocycles. The van der Waals surface area contributed by atoms with Crippen LogP contribution in [0.25, 0.3) is 22.3 Å². The highest BCUT2D eigenvalue weighted by molar-refractivity contribution is 6.33. The predicted molar refractivity (Wildman–Crippen MR) is 130 cm³/mol. The summed E-state index contributed by atoms with van der Waals surface area (Å²) in [6.07, 6.45) is 2.26. The molecule has 3 aromatic rings. The Morgan fingerprint density at radius 3 is 2.19 bits per heavy atom. The third kappa shape index (κ3) is 4.94. The van der Waals surface area contributed by atoms with Crippen LogP contribution in [0.15, 0.2) is 60.7 Å². The van der Waals surface area contributed by atoms with Crippen LogP contribution < -0.4 is 0 Å². The highest BCUT2D eigenvalue weighted by Crippen LogP contribution is 2.40. The zero-order valence-electron chi connectivity index (χ0n) is 18.9. The molecule has 0 spiro atoms. The molecule has 0 saturated heterocycles. The molecule has 0 nitrogen and oxygen atoms in total. The van der Waals surface area contributed by atoms with Gasteiger partial charge < -0.3 is 0 Å². The summed E-state index contributed by atoms with van der Waals surface area (Å²) in [6, 6.07) is 17.0. The minimum absolute atomic E-state index is 0.0160. The lowest BCUT2D eigenvalue weighted by Gasteiger charge is -2.21. The molecule has 0 heterocycles. The molecule has 32 heavy (non-hydrogen) atoms. The molecule has 0 radical (unpaired) electrons. The van der Waals surface area contributed by atoms with E-state index in [0.29, 0.717) is 28.1 Å². The van der Waals surface area contributed by atoms with Crippen LogP contribution in [0.3, 0.4) is 0 Å². The zero-order chi connectivity index (χ0) is 23.5. The van der Waals surface area contributed by atoms with Crippen LogP contribution in [-0.2, 0) is 12.3 Å². The van der Waals surface area contributed by atoms with E-state index in [9.17, 15) is 13.2 Å². The fourth-order valence-corrected chi connectivity index (χ4v) is 4.54. The van der Waals surface area contributed by atoms with Gasteiger partial charge in [0.1, 0.15) is 5.82 Å². The highest BCUT2D eigenvalue weighted by Gasteiger charge is 2.28. The van der Waals surface area contributed by atoms with Crippen LogP contribution in [0.4, 0.5) is 13.2 Å². The quantitative estimate of drug-likeness (QED) is 0.310. The third-order valence-corrected chi connectivity index (χ3v) is 6.12. The maximum absolute atomic E-state index is 14.5. The van der Waals surface area contributed by atoms with Crippen molar-refractivity contribution in [3.05, 3.63) is 93.8 Å². The van der Waals surface area contributed by atoms with Gasteiger partial charge in [-0.2, -0.15) is 0 Å². The molecule has 0 saturated carbocycles. The number of aryl methyl sites for hydroxylation is 1. The summed E-state index contributed by atoms with van der Waals surface area (Å²) in [5.41, 5.74) is 5.38. The second kappa shape index (κ2) is 9.95. The number of alkyl halides is 2. The van der Waals surface area contributed by atoms with Crippen LogP contribution >= 0.6 is 11.6 Å². The van der Waals surface area contributed by atoms with Gasteiger partial charge in [-0.1, -0.05) is 74.3 Å². The van der Waals surface area contributed by atoms with Gasteiger partial charge in [0, 0.05) is 28.6 Å². The number of halogens is 4. The Kier molecular flexibility index (Phi) is 7.51. The topological polar surface area (TPSA) is 0 Å². The Bertz CT molecular complexity index is 1140. The van der Waals surface area contributed by atoms with Crippen molar-refractivity contribution in [3.8, 4) is 11.1 Å². The second-order valence-electron chi connectivity index (χ2n) is 8.11. The van der Waals surface area contributed by atoms with Gasteiger partial charge in [0.25, 0.3) is 5.92 Å². The van der Waals surface area contributed by atoms with E-state index in [2.05, 4.69) is 6.92 Å². The van der Waals surface area contributed by atoms with Gasteiger partial charge >= 0.3 is 0 Å². The number of hydrogen-bond acceptors (Lipinski definition) is 0. The zero-order valence-corrected chi connectivity index (χ0v) is 19.7. The summed E-state index contributed by atoms with van der Waals surface area (Å²) < 4.78 is 43.1. The monoisotopic (exact) mass is 456 g/mol. The summed E-state index contributed by atoms with van der Waals surface area (Å²) in [6.45, 7) is 6.93. The Hall–Kier alpha value is -2.52. The summed E-state index contributed by atoms with van der Waals surface area (Å²) in [4.78, 5) is 0. The van der Waals surface area contributed by atoms with Crippen molar-refractivity contribution in [1.29, 1.82) is 0 Å². The molecule has 168 valence electrons. The van der Waals surface area contributed by atoms with Crippen molar-refractivity contribution in [2.75, 3.05) is 0 Å². The van der Waals surface area contributed by atoms with E-state index in [1.54, 1.807) is 36.4 Å². The summed E-state index contributed by atoms with van der Waals surface area (Å²) in [7, 11) is 0. The van der Waals surface area contributed by atoms with Gasteiger partial charge in [0.15, 0.2) is 0 Å². The predicted octanol–water partition coefficient (Wildman–Crippen LogP) is 9.55. The molecule has 4 heteroatoms. The van der Waals surface area contributed by atoms with E-state index < -0.39 is 5.92 Å². The van der Waals surface area contributed by atoms with Crippen molar-refractivity contribution in [2.45, 2.75) is 52.9 Å². The number of benzene rings is 3. The minimum atomic E-state index is -2.95. The molecule has 3 aromatic carbocycles. The third-order valence-electron chi connectivity index (χ3n) is 5.81. The summed E-state index contributed by atoms with van der Waals surface area (Å²) in [5.74, 6) is -3.28. The van der Waals surface area contributed by atoms with Gasteiger partial charge in [0.2, 0.25) is 0 Å². The maximum Gasteiger partial charge on any atom is 0.271 e. The average molecular weight is 457 g/mol. The molecule has 0 atom stereocenters. The lowest BCUT2D eigenvalue weighted by molar-refractivity contribution is 0.0172. The van der Waals surface area contributed by atoms with Crippen molar-refractivity contribution in [3.63, 3.8) is 0 Å². The van der Waals surface area contributed by atoms with Gasteiger partial charge in [-0.15, -0.1) is 0 Å². The van der Waals surface area contributed by atoms with Gasteiger partial charge in [0.05, 0.1) is 0 Å². The van der Waals surface area contributed by atoms with Gasteiger partial charge in [-0.25, -0.2) is 13.2 Å². The van der Waals surface area contributed by atoms with Gasteiger partial charge in [-0.3, -0.25) is 0 Å². The smallest absolute Gasteiger partial charge is 0.206 e. The summed E-state index contributed by atoms with van der Waals surface area (Å²) in [5, 5.41) is 0.439. The number of rotatable bonds is 7. The molecule has 0 N–H and O–H groups in total. The molecule has 3 rings (SSSR count). The number of allylic oxidation sites excluding steroid dienone is 2. The fourth-order valence-electron chi connectivity index (χ4n) is 4.28. The van der Waals surface area contributed by atoms with Crippen LogP contribution in [0.5, 0.6) is 0 Å². The Morgan fingerprint density at radius 2 is 1.56 bits per heavy atom. The Labute approximate surface area is 193 Å². The van der Waals surface area contributed by atoms with E-state index in [-0.39, 0.29) is 11.4 Å². The van der Waals surface area contributed by atoms with E-state index >= 15 is 0 Å². The SMILES string of the molecule is CCCc1cc(-c2ccccc2F)c(Cl)cc1/C(C)=C(/CC)c1ccccc1C(C)(F)F. The molecule has 0 aliphatic carbocycles. The fraction of sp³-hybridized carbons (Fsp3) is 0.286. The standard InChI is InChI=1S/C28H28ClF3/c1-5-11-19-16-24(22-13-8-10-15-27(22)30)26(29)17-23(19)18(3)20(6-2)21-12-7-9-14-25(21)28(4,31)32/h7-10,12-17H,5-6,11H2,1-4H3/b20-18-. The van der Waals surface area contributed by atoms with Crippen molar-refractivity contribution >= 4 is 22.7 Å². The highest BCUT2D eigenvalue weighted by atomic mass is 35.5. The molecule has 0 amide bonds. The molecule has 0 unspecified atom stereocenters. The Morgan fingerprint density at radius 1 is 0.906 bits per heavy atom. The van der Waals surface area contributed by atoms with E-state index in [1.807, 2.05) is 26.0 Å². The van der Waals surface area contributed by atoms with E-state index in [1.165, 1.54) is 12.1 Å². The second-order valence-corrected chi connectivity index (χ2v) is 8.52. The molecule has 0 fully saturated rings. The molecule has 0 aliphatic rings.